The number of benzene rings is 2. The fourth-order valence-corrected chi connectivity index (χ4v) is 2.80. The number of aryl methyl sites for hydroxylation is 1. The van der Waals surface area contributed by atoms with Crippen LogP contribution in [0.25, 0.3) is 10.8 Å². The Hall–Kier alpha value is -2.95. The van der Waals surface area contributed by atoms with Crippen LogP contribution in [0.3, 0.4) is 0 Å². The number of nitrogens with zero attached hydrogens (tertiary/aromatic N) is 2. The maximum absolute atomic E-state index is 12.4. The zero-order valence-electron chi connectivity index (χ0n) is 14.2. The van der Waals surface area contributed by atoms with Gasteiger partial charge in [-0.3, -0.25) is 9.59 Å². The number of hydrogen-bond donors (Lipinski definition) is 1. The molecule has 1 heterocycles. The third kappa shape index (κ3) is 4.32. The standard InChI is InChI=1S/C20H21N3O2/c1-15(11-12-16-7-3-2-4-8-16)22-19(24)14-23-20(25)18-10-6-5-9-17(18)13-21-23/h2-10,13,15H,11-12,14H2,1H3,(H,22,24)/t15-/m0/s1. The molecule has 25 heavy (non-hydrogen) atoms. The molecule has 3 aromatic rings. The average molecular weight is 335 g/mol. The molecule has 0 bridgehead atoms. The van der Waals surface area contributed by atoms with Crippen molar-refractivity contribution >= 4 is 16.7 Å². The lowest BCUT2D eigenvalue weighted by Crippen LogP contribution is -2.38. The molecular weight excluding hydrogens is 314 g/mol. The molecule has 0 fully saturated rings. The van der Waals surface area contributed by atoms with E-state index in [-0.39, 0.29) is 24.1 Å². The lowest BCUT2D eigenvalue weighted by atomic mass is 10.1. The molecule has 0 unspecified atom stereocenters. The molecule has 5 heteroatoms. The summed E-state index contributed by atoms with van der Waals surface area (Å²) in [5.41, 5.74) is 1.00. The predicted octanol–water partition coefficient (Wildman–Crippen LogP) is 2.53. The second kappa shape index (κ2) is 7.75. The van der Waals surface area contributed by atoms with E-state index in [0.29, 0.717) is 5.39 Å². The summed E-state index contributed by atoms with van der Waals surface area (Å²) >= 11 is 0. The van der Waals surface area contributed by atoms with Crippen LogP contribution in [0.4, 0.5) is 0 Å². The highest BCUT2D eigenvalue weighted by Crippen LogP contribution is 2.07. The average Bonchev–Trinajstić information content (AvgIpc) is 2.63. The number of aromatic nitrogens is 2. The Kier molecular flexibility index (Phi) is 5.23. The molecule has 2 aromatic carbocycles. The minimum absolute atomic E-state index is 0.0314. The van der Waals surface area contributed by atoms with E-state index < -0.39 is 0 Å². The molecule has 0 spiro atoms. The molecule has 0 aliphatic carbocycles. The highest BCUT2D eigenvalue weighted by molar-refractivity contribution is 5.81. The van der Waals surface area contributed by atoms with Gasteiger partial charge in [-0.2, -0.15) is 5.10 Å². The lowest BCUT2D eigenvalue weighted by molar-refractivity contribution is -0.122. The van der Waals surface area contributed by atoms with Crippen molar-refractivity contribution < 1.29 is 4.79 Å². The number of nitrogens with one attached hydrogen (secondary N) is 1. The topological polar surface area (TPSA) is 64.0 Å². The van der Waals surface area contributed by atoms with E-state index in [2.05, 4.69) is 22.5 Å². The van der Waals surface area contributed by atoms with Crippen molar-refractivity contribution in [3.63, 3.8) is 0 Å². The van der Waals surface area contributed by atoms with Crippen LogP contribution in [0.2, 0.25) is 0 Å². The van der Waals surface area contributed by atoms with Crippen LogP contribution < -0.4 is 10.9 Å². The molecule has 3 rings (SSSR count). The van der Waals surface area contributed by atoms with E-state index in [4.69, 9.17) is 0 Å². The predicted molar refractivity (Wildman–Crippen MR) is 98.4 cm³/mol. The molecule has 0 saturated carbocycles. The normalized spacial score (nSPS) is 12.0. The fraction of sp³-hybridized carbons (Fsp3) is 0.250. The van der Waals surface area contributed by atoms with Crippen molar-refractivity contribution in [1.82, 2.24) is 15.1 Å². The highest BCUT2D eigenvalue weighted by atomic mass is 16.2. The van der Waals surface area contributed by atoms with E-state index in [0.717, 1.165) is 18.2 Å². The SMILES string of the molecule is C[C@@H](CCc1ccccc1)NC(=O)Cn1ncc2ccccc2c1=O. The first-order valence-electron chi connectivity index (χ1n) is 8.41. The number of fused-ring (bicyclic) bond motifs is 1. The van der Waals surface area contributed by atoms with E-state index in [1.807, 2.05) is 37.3 Å². The Morgan fingerprint density at radius 2 is 1.84 bits per heavy atom. The van der Waals surface area contributed by atoms with Gasteiger partial charge in [0.05, 0.1) is 11.6 Å². The van der Waals surface area contributed by atoms with E-state index in [1.165, 1.54) is 10.2 Å². The Balaban J connectivity index is 1.59. The van der Waals surface area contributed by atoms with Gasteiger partial charge in [-0.15, -0.1) is 0 Å². The Morgan fingerprint density at radius 3 is 2.64 bits per heavy atom. The third-order valence-electron chi connectivity index (χ3n) is 4.17. The minimum atomic E-state index is -0.245. The first kappa shape index (κ1) is 16.9. The molecule has 0 aliphatic heterocycles. The minimum Gasteiger partial charge on any atom is -0.352 e. The van der Waals surface area contributed by atoms with Gasteiger partial charge >= 0.3 is 0 Å². The summed E-state index contributed by atoms with van der Waals surface area (Å²) in [6.07, 6.45) is 3.36. The van der Waals surface area contributed by atoms with Gasteiger partial charge in [-0.05, 0) is 31.4 Å². The van der Waals surface area contributed by atoms with Crippen LogP contribution in [0.1, 0.15) is 18.9 Å². The first-order valence-corrected chi connectivity index (χ1v) is 8.41. The molecular formula is C20H21N3O2. The van der Waals surface area contributed by atoms with Crippen LogP contribution in [-0.4, -0.2) is 21.7 Å². The van der Waals surface area contributed by atoms with Gasteiger partial charge in [-0.1, -0.05) is 48.5 Å². The number of hydrogen-bond acceptors (Lipinski definition) is 3. The fourth-order valence-electron chi connectivity index (χ4n) is 2.80. The lowest BCUT2D eigenvalue weighted by Gasteiger charge is -2.14. The maximum atomic E-state index is 12.4. The van der Waals surface area contributed by atoms with Gasteiger partial charge in [-0.25, -0.2) is 4.68 Å². The smallest absolute Gasteiger partial charge is 0.275 e. The van der Waals surface area contributed by atoms with Crippen LogP contribution in [0, 0.1) is 0 Å². The Bertz CT molecular complexity index is 919. The van der Waals surface area contributed by atoms with E-state index in [9.17, 15) is 9.59 Å². The molecule has 1 N–H and O–H groups in total. The molecule has 1 atom stereocenters. The zero-order valence-corrected chi connectivity index (χ0v) is 14.2. The van der Waals surface area contributed by atoms with Crippen LogP contribution in [0.15, 0.2) is 65.6 Å². The van der Waals surface area contributed by atoms with Crippen molar-refractivity contribution in [2.24, 2.45) is 0 Å². The van der Waals surface area contributed by atoms with Gasteiger partial charge < -0.3 is 5.32 Å². The Labute approximate surface area is 146 Å². The molecule has 0 aliphatic rings. The van der Waals surface area contributed by atoms with Crippen molar-refractivity contribution in [3.05, 3.63) is 76.7 Å². The van der Waals surface area contributed by atoms with Gasteiger partial charge in [0.25, 0.3) is 5.56 Å². The third-order valence-corrected chi connectivity index (χ3v) is 4.17. The van der Waals surface area contributed by atoms with Gasteiger partial charge in [0.15, 0.2) is 0 Å². The summed E-state index contributed by atoms with van der Waals surface area (Å²) in [4.78, 5) is 24.6. The van der Waals surface area contributed by atoms with E-state index >= 15 is 0 Å². The van der Waals surface area contributed by atoms with Gasteiger partial charge in [0.2, 0.25) is 5.91 Å². The second-order valence-electron chi connectivity index (χ2n) is 6.19. The van der Waals surface area contributed by atoms with Crippen LogP contribution >= 0.6 is 0 Å². The zero-order chi connectivity index (χ0) is 17.6. The monoisotopic (exact) mass is 335 g/mol. The van der Waals surface area contributed by atoms with Crippen molar-refractivity contribution in [2.75, 3.05) is 0 Å². The molecule has 1 amide bonds. The summed E-state index contributed by atoms with van der Waals surface area (Å²) in [5.74, 6) is -0.203. The maximum Gasteiger partial charge on any atom is 0.275 e. The number of carbonyl (C=O) groups excluding carboxylic acids is 1. The van der Waals surface area contributed by atoms with E-state index in [1.54, 1.807) is 18.3 Å². The highest BCUT2D eigenvalue weighted by Gasteiger charge is 2.11. The van der Waals surface area contributed by atoms with Crippen molar-refractivity contribution in [3.8, 4) is 0 Å². The summed E-state index contributed by atoms with van der Waals surface area (Å²) < 4.78 is 1.21. The number of carbonyl (C=O) groups is 1. The van der Waals surface area contributed by atoms with Gasteiger partial charge in [0, 0.05) is 11.4 Å². The molecule has 128 valence electrons. The Morgan fingerprint density at radius 1 is 1.12 bits per heavy atom. The quantitative estimate of drug-likeness (QED) is 0.753. The molecule has 1 aromatic heterocycles. The van der Waals surface area contributed by atoms with Crippen molar-refractivity contribution in [2.45, 2.75) is 32.4 Å². The summed E-state index contributed by atoms with van der Waals surface area (Å²) in [7, 11) is 0. The van der Waals surface area contributed by atoms with Crippen LogP contribution in [-0.2, 0) is 17.8 Å². The summed E-state index contributed by atoms with van der Waals surface area (Å²) in [6.45, 7) is 1.90. The largest absolute Gasteiger partial charge is 0.352 e. The van der Waals surface area contributed by atoms with Crippen molar-refractivity contribution in [1.29, 1.82) is 0 Å². The number of rotatable bonds is 6. The summed E-state index contributed by atoms with van der Waals surface area (Å²) in [6, 6.07) is 17.4. The number of amides is 1. The molecule has 0 radical (unpaired) electrons. The summed E-state index contributed by atoms with van der Waals surface area (Å²) in [5, 5.41) is 8.38. The molecule has 0 saturated heterocycles. The van der Waals surface area contributed by atoms with Crippen LogP contribution in [0.5, 0.6) is 0 Å². The second-order valence-corrected chi connectivity index (χ2v) is 6.19. The molecule has 5 nitrogen and oxygen atoms in total. The first-order chi connectivity index (χ1) is 12.1. The van der Waals surface area contributed by atoms with Gasteiger partial charge in [0.1, 0.15) is 6.54 Å².